The predicted molar refractivity (Wildman–Crippen MR) is 93.2 cm³/mol. The van der Waals surface area contributed by atoms with E-state index in [9.17, 15) is 8.42 Å². The molecule has 0 spiro atoms. The number of sulfonamides is 1. The van der Waals surface area contributed by atoms with Crippen molar-refractivity contribution in [2.45, 2.75) is 10.9 Å². The molecular formula is C18H22N2O3S. The van der Waals surface area contributed by atoms with Gasteiger partial charge in [-0.1, -0.05) is 48.5 Å². The molecule has 6 heteroatoms. The quantitative estimate of drug-likeness (QED) is 0.870. The molecule has 2 aromatic carbocycles. The maximum atomic E-state index is 12.7. The van der Waals surface area contributed by atoms with Crippen LogP contribution in [0.2, 0.25) is 0 Å². The van der Waals surface area contributed by atoms with E-state index >= 15 is 0 Å². The second-order valence-corrected chi connectivity index (χ2v) is 7.52. The third-order valence-electron chi connectivity index (χ3n) is 4.10. The Morgan fingerprint density at radius 3 is 2.17 bits per heavy atom. The summed E-state index contributed by atoms with van der Waals surface area (Å²) in [5.74, 6) is 0. The molecule has 0 unspecified atom stereocenters. The number of nitrogens with zero attached hydrogens (tertiary/aromatic N) is 1. The van der Waals surface area contributed by atoms with Crippen molar-refractivity contribution in [3.8, 4) is 0 Å². The maximum absolute atomic E-state index is 12.7. The summed E-state index contributed by atoms with van der Waals surface area (Å²) in [7, 11) is -3.57. The van der Waals surface area contributed by atoms with Crippen LogP contribution in [0.25, 0.3) is 0 Å². The summed E-state index contributed by atoms with van der Waals surface area (Å²) < 4.78 is 33.6. The highest BCUT2D eigenvalue weighted by Crippen LogP contribution is 2.19. The highest BCUT2D eigenvalue weighted by atomic mass is 32.2. The average molecular weight is 346 g/mol. The van der Waals surface area contributed by atoms with Gasteiger partial charge in [0.05, 0.1) is 24.2 Å². The van der Waals surface area contributed by atoms with Gasteiger partial charge < -0.3 is 4.74 Å². The Labute approximate surface area is 143 Å². The molecule has 0 amide bonds. The van der Waals surface area contributed by atoms with E-state index in [0.717, 1.165) is 18.7 Å². The summed E-state index contributed by atoms with van der Waals surface area (Å²) in [4.78, 5) is 2.52. The summed E-state index contributed by atoms with van der Waals surface area (Å²) in [6.07, 6.45) is 0. The lowest BCUT2D eigenvalue weighted by atomic mass is 10.1. The summed E-state index contributed by atoms with van der Waals surface area (Å²) >= 11 is 0. The van der Waals surface area contributed by atoms with Crippen molar-refractivity contribution in [1.82, 2.24) is 9.62 Å². The Kier molecular flexibility index (Phi) is 5.63. The summed E-state index contributed by atoms with van der Waals surface area (Å²) in [5, 5.41) is 0. The minimum absolute atomic E-state index is 0.285. The number of nitrogens with one attached hydrogen (secondary N) is 1. The van der Waals surface area contributed by atoms with E-state index in [1.807, 2.05) is 30.3 Å². The average Bonchev–Trinajstić information content (AvgIpc) is 2.63. The van der Waals surface area contributed by atoms with Crippen LogP contribution >= 0.6 is 0 Å². The highest BCUT2D eigenvalue weighted by Gasteiger charge is 2.24. The molecule has 1 saturated heterocycles. The zero-order valence-corrected chi connectivity index (χ0v) is 14.3. The van der Waals surface area contributed by atoms with Gasteiger partial charge in [0.25, 0.3) is 0 Å². The molecule has 1 aliphatic heterocycles. The normalized spacial score (nSPS) is 17.5. The van der Waals surface area contributed by atoms with Gasteiger partial charge in [-0.3, -0.25) is 4.90 Å². The number of morpholine rings is 1. The van der Waals surface area contributed by atoms with Crippen LogP contribution in [-0.4, -0.2) is 46.2 Å². The molecule has 1 atom stereocenters. The van der Waals surface area contributed by atoms with E-state index in [2.05, 4.69) is 9.62 Å². The third-order valence-corrected chi connectivity index (χ3v) is 5.58. The Morgan fingerprint density at radius 2 is 1.54 bits per heavy atom. The smallest absolute Gasteiger partial charge is 0.241 e. The lowest BCUT2D eigenvalue weighted by molar-refractivity contribution is 0.0345. The van der Waals surface area contributed by atoms with E-state index in [1.165, 1.54) is 0 Å². The lowest BCUT2D eigenvalue weighted by Crippen LogP contribution is -2.43. The molecule has 0 saturated carbocycles. The molecule has 1 fully saturated rings. The standard InChI is InChI=1S/C18H22N2O3S/c21-24(22,17-9-5-2-6-10-17)19-18(16-7-3-1-4-8-16)15-20-11-13-23-14-12-20/h1-10,18-19H,11-15H2/t18-/m1/s1. The number of ether oxygens (including phenoxy) is 1. The number of benzene rings is 2. The van der Waals surface area contributed by atoms with Crippen molar-refractivity contribution in [1.29, 1.82) is 0 Å². The summed E-state index contributed by atoms with van der Waals surface area (Å²) in [5.41, 5.74) is 0.962. The van der Waals surface area contributed by atoms with Crippen LogP contribution in [0, 0.1) is 0 Å². The van der Waals surface area contributed by atoms with Gasteiger partial charge in [0.2, 0.25) is 10.0 Å². The second kappa shape index (κ2) is 7.90. The molecule has 128 valence electrons. The molecule has 5 nitrogen and oxygen atoms in total. The Bertz CT molecular complexity index is 729. The fraction of sp³-hybridized carbons (Fsp3) is 0.333. The van der Waals surface area contributed by atoms with E-state index < -0.39 is 10.0 Å². The van der Waals surface area contributed by atoms with Gasteiger partial charge in [-0.05, 0) is 17.7 Å². The number of hydrogen-bond donors (Lipinski definition) is 1. The van der Waals surface area contributed by atoms with E-state index in [-0.39, 0.29) is 10.9 Å². The molecule has 0 radical (unpaired) electrons. The van der Waals surface area contributed by atoms with Crippen LogP contribution in [0.3, 0.4) is 0 Å². The van der Waals surface area contributed by atoms with Crippen LogP contribution < -0.4 is 4.72 Å². The maximum Gasteiger partial charge on any atom is 0.241 e. The van der Waals surface area contributed by atoms with Gasteiger partial charge in [-0.25, -0.2) is 13.1 Å². The van der Waals surface area contributed by atoms with E-state index in [4.69, 9.17) is 4.74 Å². The zero-order valence-electron chi connectivity index (χ0n) is 13.5. The largest absolute Gasteiger partial charge is 0.379 e. The van der Waals surface area contributed by atoms with Crippen LogP contribution in [0.4, 0.5) is 0 Å². The van der Waals surface area contributed by atoms with Crippen molar-refractivity contribution in [2.75, 3.05) is 32.8 Å². The topological polar surface area (TPSA) is 58.6 Å². The van der Waals surface area contributed by atoms with Gasteiger partial charge in [-0.15, -0.1) is 0 Å². The fourth-order valence-corrected chi connectivity index (χ4v) is 4.03. The number of rotatable bonds is 6. The van der Waals surface area contributed by atoms with Gasteiger partial charge in [0.1, 0.15) is 0 Å². The third kappa shape index (κ3) is 4.42. The molecule has 0 aliphatic carbocycles. The Balaban J connectivity index is 1.82. The number of hydrogen-bond acceptors (Lipinski definition) is 4. The first-order valence-corrected chi connectivity index (χ1v) is 9.56. The fourth-order valence-electron chi connectivity index (χ4n) is 2.79. The first-order chi connectivity index (χ1) is 11.6. The van der Waals surface area contributed by atoms with Gasteiger partial charge in [-0.2, -0.15) is 0 Å². The second-order valence-electron chi connectivity index (χ2n) is 5.81. The molecular weight excluding hydrogens is 324 g/mol. The molecule has 2 aromatic rings. The minimum Gasteiger partial charge on any atom is -0.379 e. The first kappa shape index (κ1) is 17.1. The Hall–Kier alpha value is -1.73. The molecule has 0 aromatic heterocycles. The monoisotopic (exact) mass is 346 g/mol. The predicted octanol–water partition coefficient (Wildman–Crippen LogP) is 2.04. The molecule has 1 aliphatic rings. The van der Waals surface area contributed by atoms with Gasteiger partial charge in [0, 0.05) is 19.6 Å². The van der Waals surface area contributed by atoms with Gasteiger partial charge >= 0.3 is 0 Å². The molecule has 3 rings (SSSR count). The minimum atomic E-state index is -3.57. The molecule has 1 N–H and O–H groups in total. The summed E-state index contributed by atoms with van der Waals surface area (Å²) in [6, 6.07) is 17.9. The van der Waals surface area contributed by atoms with Crippen molar-refractivity contribution in [2.24, 2.45) is 0 Å². The molecule has 24 heavy (non-hydrogen) atoms. The summed E-state index contributed by atoms with van der Waals surface area (Å²) in [6.45, 7) is 3.63. The van der Waals surface area contributed by atoms with Crippen molar-refractivity contribution >= 4 is 10.0 Å². The van der Waals surface area contributed by atoms with Crippen LogP contribution in [0.15, 0.2) is 65.6 Å². The first-order valence-electron chi connectivity index (χ1n) is 8.07. The van der Waals surface area contributed by atoms with Crippen LogP contribution in [-0.2, 0) is 14.8 Å². The van der Waals surface area contributed by atoms with Crippen molar-refractivity contribution < 1.29 is 13.2 Å². The van der Waals surface area contributed by atoms with Crippen LogP contribution in [0.5, 0.6) is 0 Å². The van der Waals surface area contributed by atoms with E-state index in [1.54, 1.807) is 30.3 Å². The highest BCUT2D eigenvalue weighted by molar-refractivity contribution is 7.89. The van der Waals surface area contributed by atoms with Crippen LogP contribution in [0.1, 0.15) is 11.6 Å². The lowest BCUT2D eigenvalue weighted by Gasteiger charge is -2.31. The molecule has 1 heterocycles. The zero-order chi connectivity index (χ0) is 16.8. The van der Waals surface area contributed by atoms with Gasteiger partial charge in [0.15, 0.2) is 0 Å². The Morgan fingerprint density at radius 1 is 0.958 bits per heavy atom. The van der Waals surface area contributed by atoms with Crippen molar-refractivity contribution in [3.05, 3.63) is 66.2 Å². The SMILES string of the molecule is O=S(=O)(N[C@H](CN1CCOCC1)c1ccccc1)c1ccccc1. The van der Waals surface area contributed by atoms with Crippen molar-refractivity contribution in [3.63, 3.8) is 0 Å². The van der Waals surface area contributed by atoms with E-state index in [0.29, 0.717) is 19.8 Å². The molecule has 0 bridgehead atoms.